The van der Waals surface area contributed by atoms with Crippen LogP contribution >= 0.6 is 0 Å². The Morgan fingerprint density at radius 3 is 2.39 bits per heavy atom. The van der Waals surface area contributed by atoms with Crippen molar-refractivity contribution in [2.45, 2.75) is 29.1 Å². The van der Waals surface area contributed by atoms with E-state index in [1.165, 1.54) is 0 Å². The van der Waals surface area contributed by atoms with Gasteiger partial charge in [-0.3, -0.25) is 9.62 Å². The van der Waals surface area contributed by atoms with Crippen LogP contribution in [0.4, 0.5) is 25.0 Å². The number of sulfonamides is 2. The number of ether oxygens (including phenoxy) is 1. The van der Waals surface area contributed by atoms with Crippen LogP contribution in [0.2, 0.25) is 0 Å². The van der Waals surface area contributed by atoms with Gasteiger partial charge in [0.15, 0.2) is 11.6 Å². The lowest BCUT2D eigenvalue weighted by atomic mass is 10.2. The fourth-order valence-corrected chi connectivity index (χ4v) is 6.24. The summed E-state index contributed by atoms with van der Waals surface area (Å²) >= 11 is 0. The average Bonchev–Trinajstić information content (AvgIpc) is 3.58. The van der Waals surface area contributed by atoms with Crippen molar-refractivity contribution in [1.29, 1.82) is 0 Å². The molecular weight excluding hydrogens is 484 g/mol. The number of hydrogen-bond donors (Lipinski definition) is 3. The van der Waals surface area contributed by atoms with Gasteiger partial charge >= 0.3 is 6.09 Å². The SMILES string of the molecule is O=C(O)Nc1cc(F)c2c(c1)N(S(=O)(=O)c1ccc(F)cc1)CC(CNS(=O)(=O)C1CC1)O2. The zero-order valence-electron chi connectivity index (χ0n) is 16.9. The first-order valence-corrected chi connectivity index (χ1v) is 12.7. The van der Waals surface area contributed by atoms with Gasteiger partial charge in [-0.15, -0.1) is 0 Å². The molecule has 1 atom stereocenters. The fourth-order valence-electron chi connectivity index (χ4n) is 3.34. The number of rotatable bonds is 7. The summed E-state index contributed by atoms with van der Waals surface area (Å²) in [6.07, 6.45) is -1.55. The molecular formula is C19H19F2N3O7S2. The highest BCUT2D eigenvalue weighted by Crippen LogP contribution is 2.41. The first-order chi connectivity index (χ1) is 15.5. The zero-order valence-corrected chi connectivity index (χ0v) is 18.5. The second-order valence-electron chi connectivity index (χ2n) is 7.56. The summed E-state index contributed by atoms with van der Waals surface area (Å²) in [7, 11) is -7.99. The molecule has 33 heavy (non-hydrogen) atoms. The van der Waals surface area contributed by atoms with E-state index in [2.05, 4.69) is 4.72 Å². The van der Waals surface area contributed by atoms with Crippen molar-refractivity contribution in [3.63, 3.8) is 0 Å². The number of nitrogens with one attached hydrogen (secondary N) is 2. The molecule has 2 aromatic rings. The second kappa shape index (κ2) is 8.43. The summed E-state index contributed by atoms with van der Waals surface area (Å²) in [6.45, 7) is -0.724. The van der Waals surface area contributed by atoms with Crippen molar-refractivity contribution < 1.29 is 40.3 Å². The molecule has 0 aromatic heterocycles. The van der Waals surface area contributed by atoms with Gasteiger partial charge in [0.05, 0.1) is 22.4 Å². The van der Waals surface area contributed by atoms with E-state index in [-0.39, 0.29) is 22.8 Å². The molecule has 1 fully saturated rings. The van der Waals surface area contributed by atoms with Crippen LogP contribution in [-0.2, 0) is 20.0 Å². The number of nitrogens with zero attached hydrogens (tertiary/aromatic N) is 1. The predicted octanol–water partition coefficient (Wildman–Crippen LogP) is 2.09. The first-order valence-electron chi connectivity index (χ1n) is 9.74. The van der Waals surface area contributed by atoms with Crippen LogP contribution in [0.25, 0.3) is 0 Å². The molecule has 4 rings (SSSR count). The van der Waals surface area contributed by atoms with Crippen LogP contribution in [0.5, 0.6) is 5.75 Å². The summed E-state index contributed by atoms with van der Waals surface area (Å²) in [5.41, 5.74) is -0.529. The number of amides is 1. The smallest absolute Gasteiger partial charge is 0.409 e. The number of carboxylic acid groups (broad SMARTS) is 1. The molecule has 1 amide bonds. The molecule has 10 nitrogen and oxygen atoms in total. The van der Waals surface area contributed by atoms with E-state index < -0.39 is 61.4 Å². The Balaban J connectivity index is 1.73. The molecule has 3 N–H and O–H groups in total. The van der Waals surface area contributed by atoms with Gasteiger partial charge < -0.3 is 9.84 Å². The first kappa shape index (κ1) is 23.2. The molecule has 0 spiro atoms. The summed E-state index contributed by atoms with van der Waals surface area (Å²) < 4.78 is 87.8. The molecule has 1 unspecified atom stereocenters. The van der Waals surface area contributed by atoms with Crippen LogP contribution in [0, 0.1) is 11.6 Å². The van der Waals surface area contributed by atoms with Crippen molar-refractivity contribution in [1.82, 2.24) is 4.72 Å². The Morgan fingerprint density at radius 1 is 1.12 bits per heavy atom. The molecule has 14 heteroatoms. The van der Waals surface area contributed by atoms with E-state index >= 15 is 0 Å². The van der Waals surface area contributed by atoms with Crippen molar-refractivity contribution in [3.05, 3.63) is 48.0 Å². The number of fused-ring (bicyclic) bond motifs is 1. The van der Waals surface area contributed by atoms with Gasteiger partial charge in [0, 0.05) is 18.3 Å². The third kappa shape index (κ3) is 4.86. The standard InChI is InChI=1S/C19H19F2N3O7S2/c20-11-1-3-15(4-2-11)33(29,30)24-10-13(9-22-32(27,28)14-5-6-14)31-18-16(21)7-12(8-17(18)24)23-19(25)26/h1-4,7-8,13-14,22-23H,5-6,9-10H2,(H,25,26). The van der Waals surface area contributed by atoms with Gasteiger partial charge in [-0.1, -0.05) is 0 Å². The molecule has 0 radical (unpaired) electrons. The molecule has 2 aliphatic rings. The topological polar surface area (TPSA) is 142 Å². The van der Waals surface area contributed by atoms with Gasteiger partial charge in [0.1, 0.15) is 11.9 Å². The number of halogens is 2. The summed E-state index contributed by atoms with van der Waals surface area (Å²) in [4.78, 5) is 10.7. The van der Waals surface area contributed by atoms with E-state index in [1.807, 2.05) is 5.32 Å². The molecule has 1 aliphatic carbocycles. The minimum absolute atomic E-state index is 0.241. The van der Waals surface area contributed by atoms with Crippen molar-refractivity contribution in [2.75, 3.05) is 22.7 Å². The Labute approximate surface area is 188 Å². The van der Waals surface area contributed by atoms with Crippen molar-refractivity contribution in [3.8, 4) is 5.75 Å². The normalized spacial score (nSPS) is 18.4. The number of hydrogen-bond acceptors (Lipinski definition) is 6. The highest BCUT2D eigenvalue weighted by Gasteiger charge is 2.39. The molecule has 0 saturated heterocycles. The van der Waals surface area contributed by atoms with E-state index in [1.54, 1.807) is 0 Å². The van der Waals surface area contributed by atoms with Crippen LogP contribution in [0.3, 0.4) is 0 Å². The third-order valence-electron chi connectivity index (χ3n) is 5.07. The quantitative estimate of drug-likeness (QED) is 0.525. The summed E-state index contributed by atoms with van der Waals surface area (Å²) in [6, 6.07) is 5.84. The highest BCUT2D eigenvalue weighted by molar-refractivity contribution is 7.92. The lowest BCUT2D eigenvalue weighted by Crippen LogP contribution is -2.49. The number of anilines is 2. The monoisotopic (exact) mass is 503 g/mol. The molecule has 1 heterocycles. The largest absolute Gasteiger partial charge is 0.482 e. The van der Waals surface area contributed by atoms with Crippen LogP contribution in [0.15, 0.2) is 41.3 Å². The zero-order chi connectivity index (χ0) is 24.0. The minimum Gasteiger partial charge on any atom is -0.482 e. The molecule has 1 aliphatic heterocycles. The Morgan fingerprint density at radius 2 is 1.79 bits per heavy atom. The van der Waals surface area contributed by atoms with Gasteiger partial charge in [0.25, 0.3) is 10.0 Å². The third-order valence-corrected chi connectivity index (χ3v) is 8.79. The average molecular weight is 504 g/mol. The number of benzene rings is 2. The minimum atomic E-state index is -4.38. The highest BCUT2D eigenvalue weighted by atomic mass is 32.2. The van der Waals surface area contributed by atoms with Gasteiger partial charge in [0.2, 0.25) is 10.0 Å². The Kier molecular flexibility index (Phi) is 5.92. The summed E-state index contributed by atoms with van der Waals surface area (Å²) in [5.74, 6) is -2.20. The Hall–Kier alpha value is -2.97. The van der Waals surface area contributed by atoms with Gasteiger partial charge in [-0.05, 0) is 43.2 Å². The van der Waals surface area contributed by atoms with Crippen molar-refractivity contribution >= 4 is 37.5 Å². The Bertz CT molecular complexity index is 1300. The molecule has 0 bridgehead atoms. The molecule has 1 saturated carbocycles. The maximum Gasteiger partial charge on any atom is 0.409 e. The van der Waals surface area contributed by atoms with E-state index in [9.17, 15) is 30.4 Å². The number of carbonyl (C=O) groups is 1. The second-order valence-corrected chi connectivity index (χ2v) is 11.5. The van der Waals surface area contributed by atoms with Gasteiger partial charge in [-0.25, -0.2) is 35.1 Å². The maximum absolute atomic E-state index is 14.8. The fraction of sp³-hybridized carbons (Fsp3) is 0.316. The van der Waals surface area contributed by atoms with E-state index in [0.717, 1.165) is 40.7 Å². The van der Waals surface area contributed by atoms with Crippen molar-refractivity contribution in [2.24, 2.45) is 0 Å². The lowest BCUT2D eigenvalue weighted by molar-refractivity contribution is 0.194. The van der Waals surface area contributed by atoms with E-state index in [0.29, 0.717) is 12.8 Å². The predicted molar refractivity (Wildman–Crippen MR) is 113 cm³/mol. The molecule has 178 valence electrons. The summed E-state index contributed by atoms with van der Waals surface area (Å²) in [5, 5.41) is 10.4. The maximum atomic E-state index is 14.8. The molecule has 2 aromatic carbocycles. The van der Waals surface area contributed by atoms with Crippen LogP contribution in [0.1, 0.15) is 12.8 Å². The lowest BCUT2D eigenvalue weighted by Gasteiger charge is -2.36. The van der Waals surface area contributed by atoms with Gasteiger partial charge in [-0.2, -0.15) is 0 Å². The van der Waals surface area contributed by atoms with E-state index in [4.69, 9.17) is 9.84 Å². The van der Waals surface area contributed by atoms with Crippen LogP contribution < -0.4 is 19.1 Å². The van der Waals surface area contributed by atoms with Crippen LogP contribution in [-0.4, -0.2) is 52.5 Å².